The Morgan fingerprint density at radius 1 is 1.29 bits per heavy atom. The van der Waals surface area contributed by atoms with Gasteiger partial charge in [0.1, 0.15) is 0 Å². The van der Waals surface area contributed by atoms with E-state index in [1.165, 1.54) is 13.1 Å². The smallest absolute Gasteiger partial charge is 0.228 e. The van der Waals surface area contributed by atoms with Crippen molar-refractivity contribution in [1.29, 1.82) is 0 Å². The monoisotopic (exact) mass is 293 g/mol. The summed E-state index contributed by atoms with van der Waals surface area (Å²) in [5, 5.41) is 7.75. The fraction of sp³-hybridized carbons (Fsp3) is 0.867. The van der Waals surface area contributed by atoms with Crippen molar-refractivity contribution < 1.29 is 4.52 Å². The number of aromatic nitrogens is 2. The lowest BCUT2D eigenvalue weighted by Crippen LogP contribution is -2.57. The average Bonchev–Trinajstić information content (AvgIpc) is 2.96. The van der Waals surface area contributed by atoms with Gasteiger partial charge in [0, 0.05) is 45.2 Å². The van der Waals surface area contributed by atoms with Crippen LogP contribution in [0.2, 0.25) is 0 Å². The second kappa shape index (κ2) is 6.42. The van der Waals surface area contributed by atoms with Gasteiger partial charge in [-0.25, -0.2) is 0 Å². The van der Waals surface area contributed by atoms with Gasteiger partial charge in [0.05, 0.1) is 6.04 Å². The molecule has 2 unspecified atom stereocenters. The third kappa shape index (κ3) is 3.27. The number of likely N-dealkylation sites (N-methyl/N-ethyl adjacent to an activating group) is 1. The Labute approximate surface area is 126 Å². The van der Waals surface area contributed by atoms with Gasteiger partial charge in [-0.2, -0.15) is 4.98 Å². The van der Waals surface area contributed by atoms with E-state index in [1.807, 2.05) is 0 Å². The molecule has 4 heterocycles. The number of nitrogens with one attached hydrogen (secondary N) is 1. The third-order valence-electron chi connectivity index (χ3n) is 4.73. The van der Waals surface area contributed by atoms with Crippen LogP contribution >= 0.6 is 0 Å². The van der Waals surface area contributed by atoms with Gasteiger partial charge in [-0.15, -0.1) is 0 Å². The summed E-state index contributed by atoms with van der Waals surface area (Å²) >= 11 is 0. The standard InChI is InChI=1S/C15H27N5O/c1-4-16-12(11(2)3)9-14-17-15(18-21-14)13-10-19-5-7-20(13)8-6-19/h11-13,16H,4-10H2,1-3H3. The molecular formula is C15H27N5O. The first kappa shape index (κ1) is 14.9. The fourth-order valence-corrected chi connectivity index (χ4v) is 3.34. The van der Waals surface area contributed by atoms with E-state index in [2.05, 4.69) is 46.0 Å². The Morgan fingerprint density at radius 3 is 2.62 bits per heavy atom. The van der Waals surface area contributed by atoms with Gasteiger partial charge in [0.2, 0.25) is 5.89 Å². The summed E-state index contributed by atoms with van der Waals surface area (Å²) in [5.74, 6) is 2.19. The van der Waals surface area contributed by atoms with E-state index in [0.717, 1.165) is 44.3 Å². The summed E-state index contributed by atoms with van der Waals surface area (Å²) in [4.78, 5) is 9.65. The molecule has 3 fully saturated rings. The summed E-state index contributed by atoms with van der Waals surface area (Å²) in [6.07, 6.45) is 0.814. The molecule has 2 bridgehead atoms. The SMILES string of the molecule is CCNC(Cc1nc(C2CN3CCN2CC3)no1)C(C)C. The Morgan fingerprint density at radius 2 is 2.05 bits per heavy atom. The van der Waals surface area contributed by atoms with Gasteiger partial charge in [-0.05, 0) is 12.5 Å². The van der Waals surface area contributed by atoms with Crippen LogP contribution < -0.4 is 5.32 Å². The highest BCUT2D eigenvalue weighted by Gasteiger charge is 2.35. The second-order valence-electron chi connectivity index (χ2n) is 6.51. The molecule has 1 N–H and O–H groups in total. The maximum Gasteiger partial charge on any atom is 0.228 e. The van der Waals surface area contributed by atoms with Crippen molar-refractivity contribution in [3.05, 3.63) is 11.7 Å². The molecule has 0 radical (unpaired) electrons. The van der Waals surface area contributed by atoms with Crippen molar-refractivity contribution in [1.82, 2.24) is 25.3 Å². The Kier molecular flexibility index (Phi) is 4.57. The van der Waals surface area contributed by atoms with Crippen LogP contribution in [0.25, 0.3) is 0 Å². The first-order valence-corrected chi connectivity index (χ1v) is 8.19. The summed E-state index contributed by atoms with van der Waals surface area (Å²) in [7, 11) is 0. The van der Waals surface area contributed by atoms with Gasteiger partial charge in [-0.1, -0.05) is 25.9 Å². The maximum atomic E-state index is 5.51. The lowest BCUT2D eigenvalue weighted by molar-refractivity contribution is 0.00781. The Bertz CT molecular complexity index is 453. The van der Waals surface area contributed by atoms with Crippen LogP contribution in [0.1, 0.15) is 38.5 Å². The molecule has 3 aliphatic rings. The molecule has 0 aromatic carbocycles. The van der Waals surface area contributed by atoms with Crippen molar-refractivity contribution >= 4 is 0 Å². The van der Waals surface area contributed by atoms with Crippen molar-refractivity contribution in [2.75, 3.05) is 39.3 Å². The highest BCUT2D eigenvalue weighted by atomic mass is 16.5. The molecule has 118 valence electrons. The van der Waals surface area contributed by atoms with Crippen LogP contribution in [-0.2, 0) is 6.42 Å². The van der Waals surface area contributed by atoms with Crippen LogP contribution in [0.3, 0.4) is 0 Å². The quantitative estimate of drug-likeness (QED) is 0.842. The molecule has 1 aromatic heterocycles. The number of hydrogen-bond acceptors (Lipinski definition) is 6. The van der Waals surface area contributed by atoms with E-state index < -0.39 is 0 Å². The predicted octanol–water partition coefficient (Wildman–Crippen LogP) is 0.919. The number of rotatable bonds is 6. The van der Waals surface area contributed by atoms with Crippen LogP contribution in [0.4, 0.5) is 0 Å². The fourth-order valence-electron chi connectivity index (χ4n) is 3.34. The van der Waals surface area contributed by atoms with E-state index in [9.17, 15) is 0 Å². The van der Waals surface area contributed by atoms with Crippen molar-refractivity contribution in [3.8, 4) is 0 Å². The minimum absolute atomic E-state index is 0.321. The van der Waals surface area contributed by atoms with Crippen LogP contribution in [0, 0.1) is 5.92 Å². The lowest BCUT2D eigenvalue weighted by Gasteiger charge is -2.46. The highest BCUT2D eigenvalue weighted by Crippen LogP contribution is 2.27. The number of fused-ring (bicyclic) bond motifs is 3. The summed E-state index contributed by atoms with van der Waals surface area (Å²) in [6, 6.07) is 0.719. The van der Waals surface area contributed by atoms with Gasteiger partial charge < -0.3 is 9.84 Å². The number of piperazine rings is 3. The molecule has 6 heteroatoms. The van der Waals surface area contributed by atoms with Gasteiger partial charge in [0.25, 0.3) is 0 Å². The normalized spacial score (nSPS) is 30.0. The largest absolute Gasteiger partial charge is 0.339 e. The molecule has 3 saturated heterocycles. The molecule has 0 aliphatic carbocycles. The number of nitrogens with zero attached hydrogens (tertiary/aromatic N) is 4. The molecule has 0 amide bonds. The van der Waals surface area contributed by atoms with E-state index in [-0.39, 0.29) is 0 Å². The Balaban J connectivity index is 1.66. The molecule has 2 atom stereocenters. The topological polar surface area (TPSA) is 57.4 Å². The molecular weight excluding hydrogens is 266 g/mol. The Hall–Kier alpha value is -0.980. The maximum absolute atomic E-state index is 5.51. The zero-order valence-corrected chi connectivity index (χ0v) is 13.4. The van der Waals surface area contributed by atoms with Crippen LogP contribution in [-0.4, -0.2) is 65.3 Å². The van der Waals surface area contributed by atoms with Crippen molar-refractivity contribution in [2.45, 2.75) is 39.3 Å². The van der Waals surface area contributed by atoms with E-state index in [4.69, 9.17) is 4.52 Å². The van der Waals surface area contributed by atoms with Crippen molar-refractivity contribution in [2.24, 2.45) is 5.92 Å². The van der Waals surface area contributed by atoms with E-state index in [1.54, 1.807) is 0 Å². The molecule has 0 saturated carbocycles. The summed E-state index contributed by atoms with van der Waals surface area (Å²) in [6.45, 7) is 13.2. The average molecular weight is 293 g/mol. The van der Waals surface area contributed by atoms with Crippen LogP contribution in [0.15, 0.2) is 4.52 Å². The zero-order valence-electron chi connectivity index (χ0n) is 13.4. The molecule has 1 aromatic rings. The minimum Gasteiger partial charge on any atom is -0.339 e. The van der Waals surface area contributed by atoms with E-state index in [0.29, 0.717) is 18.0 Å². The molecule has 3 aliphatic heterocycles. The number of hydrogen-bond donors (Lipinski definition) is 1. The highest BCUT2D eigenvalue weighted by molar-refractivity contribution is 5.02. The minimum atomic E-state index is 0.321. The van der Waals surface area contributed by atoms with Gasteiger partial charge >= 0.3 is 0 Å². The molecule has 4 rings (SSSR count). The first-order chi connectivity index (χ1) is 10.2. The summed E-state index contributed by atoms with van der Waals surface area (Å²) in [5.41, 5.74) is 0. The predicted molar refractivity (Wildman–Crippen MR) is 81.1 cm³/mol. The van der Waals surface area contributed by atoms with Crippen LogP contribution in [0.5, 0.6) is 0 Å². The van der Waals surface area contributed by atoms with Gasteiger partial charge in [-0.3, -0.25) is 9.80 Å². The molecule has 6 nitrogen and oxygen atoms in total. The first-order valence-electron chi connectivity index (χ1n) is 8.19. The molecule has 0 spiro atoms. The second-order valence-corrected chi connectivity index (χ2v) is 6.51. The van der Waals surface area contributed by atoms with E-state index >= 15 is 0 Å². The zero-order chi connectivity index (χ0) is 14.8. The lowest BCUT2D eigenvalue weighted by atomic mass is 10.0. The van der Waals surface area contributed by atoms with Crippen molar-refractivity contribution in [3.63, 3.8) is 0 Å². The summed E-state index contributed by atoms with van der Waals surface area (Å²) < 4.78 is 5.51. The van der Waals surface area contributed by atoms with Gasteiger partial charge in [0.15, 0.2) is 5.82 Å². The third-order valence-corrected chi connectivity index (χ3v) is 4.73. The molecule has 21 heavy (non-hydrogen) atoms.